The Bertz CT molecular complexity index is 478. The summed E-state index contributed by atoms with van der Waals surface area (Å²) >= 11 is 0. The highest BCUT2D eigenvalue weighted by Crippen LogP contribution is 2.24. The fourth-order valence-electron chi connectivity index (χ4n) is 3.29. The standard InChI is InChI=1S/C16H24N2O.C4H10/c1-11-6-12(2)8-16(7-11)17-9-13(3)18(15(5)19)14(4)10-17;1-3-4-2/h6-8,13-14H,9-10H2,1-5H3;3-4H2,1-2H3/t13-,14?;/m1./s1. The van der Waals surface area contributed by atoms with Crippen LogP contribution in [0.15, 0.2) is 18.2 Å². The molecule has 3 nitrogen and oxygen atoms in total. The summed E-state index contributed by atoms with van der Waals surface area (Å²) in [6, 6.07) is 7.19. The van der Waals surface area contributed by atoms with Gasteiger partial charge in [0.15, 0.2) is 0 Å². The number of carbonyl (C=O) groups is 1. The molecule has 1 amide bonds. The summed E-state index contributed by atoms with van der Waals surface area (Å²) in [7, 11) is 0. The molecule has 1 aliphatic heterocycles. The molecule has 3 heteroatoms. The van der Waals surface area contributed by atoms with Gasteiger partial charge in [-0.15, -0.1) is 0 Å². The van der Waals surface area contributed by atoms with Crippen molar-refractivity contribution in [2.45, 2.75) is 73.4 Å². The lowest BCUT2D eigenvalue weighted by molar-refractivity contribution is -0.133. The van der Waals surface area contributed by atoms with Gasteiger partial charge < -0.3 is 9.80 Å². The predicted octanol–water partition coefficient (Wildman–Crippen LogP) is 4.56. The second-order valence-electron chi connectivity index (χ2n) is 6.88. The van der Waals surface area contributed by atoms with Gasteiger partial charge in [0.2, 0.25) is 5.91 Å². The van der Waals surface area contributed by atoms with Gasteiger partial charge in [0, 0.05) is 37.8 Å². The van der Waals surface area contributed by atoms with Gasteiger partial charge in [0.25, 0.3) is 0 Å². The molecule has 0 aliphatic carbocycles. The van der Waals surface area contributed by atoms with E-state index in [2.05, 4.69) is 64.6 Å². The van der Waals surface area contributed by atoms with Crippen LogP contribution in [0.3, 0.4) is 0 Å². The Hall–Kier alpha value is -1.51. The average molecular weight is 319 g/mol. The van der Waals surface area contributed by atoms with E-state index in [0.717, 1.165) is 13.1 Å². The Balaban J connectivity index is 0.000000593. The van der Waals surface area contributed by atoms with Gasteiger partial charge in [-0.25, -0.2) is 0 Å². The summed E-state index contributed by atoms with van der Waals surface area (Å²) in [5, 5.41) is 0. The molecule has 0 bridgehead atoms. The highest BCUT2D eigenvalue weighted by molar-refractivity contribution is 5.74. The Kier molecular flexibility index (Phi) is 7.60. The van der Waals surface area contributed by atoms with Crippen LogP contribution in [0.5, 0.6) is 0 Å². The van der Waals surface area contributed by atoms with Crippen LogP contribution in [0.4, 0.5) is 5.69 Å². The van der Waals surface area contributed by atoms with Crippen molar-refractivity contribution in [3.63, 3.8) is 0 Å². The van der Waals surface area contributed by atoms with Gasteiger partial charge in [0.1, 0.15) is 0 Å². The maximum Gasteiger partial charge on any atom is 0.220 e. The topological polar surface area (TPSA) is 23.6 Å². The van der Waals surface area contributed by atoms with Crippen molar-refractivity contribution < 1.29 is 4.79 Å². The molecule has 1 aromatic rings. The first-order valence-electron chi connectivity index (χ1n) is 8.92. The van der Waals surface area contributed by atoms with E-state index in [-0.39, 0.29) is 18.0 Å². The molecule has 1 heterocycles. The molecule has 0 N–H and O–H groups in total. The second-order valence-corrected chi connectivity index (χ2v) is 6.88. The molecule has 1 fully saturated rings. The molecule has 23 heavy (non-hydrogen) atoms. The summed E-state index contributed by atoms with van der Waals surface area (Å²) in [5.41, 5.74) is 3.87. The maximum absolute atomic E-state index is 11.7. The number of anilines is 1. The van der Waals surface area contributed by atoms with Crippen LogP contribution in [0.2, 0.25) is 0 Å². The zero-order valence-electron chi connectivity index (χ0n) is 16.0. The highest BCUT2D eigenvalue weighted by atomic mass is 16.2. The first-order valence-corrected chi connectivity index (χ1v) is 8.92. The van der Waals surface area contributed by atoms with Crippen LogP contribution in [-0.2, 0) is 4.79 Å². The number of carbonyl (C=O) groups excluding carboxylic acids is 1. The van der Waals surface area contributed by atoms with Crippen molar-refractivity contribution in [2.75, 3.05) is 18.0 Å². The number of rotatable bonds is 2. The molecule has 130 valence electrons. The van der Waals surface area contributed by atoms with E-state index in [1.807, 2.05) is 4.90 Å². The fourth-order valence-corrected chi connectivity index (χ4v) is 3.29. The lowest BCUT2D eigenvalue weighted by atomic mass is 10.1. The molecule has 0 spiro atoms. The lowest BCUT2D eigenvalue weighted by Gasteiger charge is -2.45. The summed E-state index contributed by atoms with van der Waals surface area (Å²) in [6.45, 7) is 16.4. The monoisotopic (exact) mass is 318 g/mol. The number of amides is 1. The third-order valence-electron chi connectivity index (χ3n) is 4.35. The third-order valence-corrected chi connectivity index (χ3v) is 4.35. The van der Waals surface area contributed by atoms with Crippen LogP contribution in [0.25, 0.3) is 0 Å². The molecule has 1 aromatic carbocycles. The van der Waals surface area contributed by atoms with Crippen molar-refractivity contribution in [1.29, 1.82) is 0 Å². The largest absolute Gasteiger partial charge is 0.367 e. The zero-order chi connectivity index (χ0) is 17.6. The zero-order valence-corrected chi connectivity index (χ0v) is 16.0. The normalized spacial score (nSPS) is 20.8. The first kappa shape index (κ1) is 19.5. The minimum absolute atomic E-state index is 0.181. The summed E-state index contributed by atoms with van der Waals surface area (Å²) < 4.78 is 0. The lowest BCUT2D eigenvalue weighted by Crippen LogP contribution is -2.58. The van der Waals surface area contributed by atoms with Crippen LogP contribution in [-0.4, -0.2) is 36.0 Å². The van der Waals surface area contributed by atoms with Crippen LogP contribution in [0.1, 0.15) is 58.6 Å². The molecule has 0 radical (unpaired) electrons. The Morgan fingerprint density at radius 3 is 1.78 bits per heavy atom. The van der Waals surface area contributed by atoms with Crippen molar-refractivity contribution in [3.05, 3.63) is 29.3 Å². The SMILES string of the molecule is CC(=O)N1C(C)CN(c2cc(C)cc(C)c2)C[C@H]1C.CCCC. The van der Waals surface area contributed by atoms with Gasteiger partial charge in [0.05, 0.1) is 0 Å². The quantitative estimate of drug-likeness (QED) is 0.798. The molecule has 1 saturated heterocycles. The summed E-state index contributed by atoms with van der Waals surface area (Å²) in [4.78, 5) is 16.1. The fraction of sp³-hybridized carbons (Fsp3) is 0.650. The highest BCUT2D eigenvalue weighted by Gasteiger charge is 2.31. The minimum Gasteiger partial charge on any atom is -0.367 e. The van der Waals surface area contributed by atoms with Gasteiger partial charge in [-0.05, 0) is 51.0 Å². The van der Waals surface area contributed by atoms with E-state index in [0.29, 0.717) is 0 Å². The average Bonchev–Trinajstić information content (AvgIpc) is 2.45. The number of nitrogens with zero attached hydrogens (tertiary/aromatic N) is 2. The number of unbranched alkanes of at least 4 members (excludes halogenated alkanes) is 1. The molecule has 2 rings (SSSR count). The van der Waals surface area contributed by atoms with Crippen LogP contribution >= 0.6 is 0 Å². The Morgan fingerprint density at radius 1 is 1.00 bits per heavy atom. The van der Waals surface area contributed by atoms with E-state index < -0.39 is 0 Å². The molecule has 1 unspecified atom stereocenters. The first-order chi connectivity index (χ1) is 10.8. The minimum atomic E-state index is 0.181. The molecular weight excluding hydrogens is 284 g/mol. The van der Waals surface area contributed by atoms with Crippen molar-refractivity contribution in [2.24, 2.45) is 0 Å². The van der Waals surface area contributed by atoms with Crippen LogP contribution < -0.4 is 4.90 Å². The van der Waals surface area contributed by atoms with Crippen molar-refractivity contribution >= 4 is 11.6 Å². The third kappa shape index (κ3) is 5.56. The van der Waals surface area contributed by atoms with E-state index in [9.17, 15) is 4.79 Å². The number of hydrogen-bond acceptors (Lipinski definition) is 2. The van der Waals surface area contributed by atoms with Gasteiger partial charge in [-0.1, -0.05) is 32.8 Å². The molecule has 1 aliphatic rings. The van der Waals surface area contributed by atoms with Crippen molar-refractivity contribution in [3.8, 4) is 0 Å². The number of hydrogen-bond donors (Lipinski definition) is 0. The number of aryl methyl sites for hydroxylation is 2. The summed E-state index contributed by atoms with van der Waals surface area (Å²) in [5.74, 6) is 0.181. The molecule has 2 atom stereocenters. The smallest absolute Gasteiger partial charge is 0.220 e. The predicted molar refractivity (Wildman–Crippen MR) is 100 cm³/mol. The van der Waals surface area contributed by atoms with Gasteiger partial charge in [-0.2, -0.15) is 0 Å². The Morgan fingerprint density at radius 2 is 1.43 bits per heavy atom. The number of piperazine rings is 1. The molecular formula is C20H34N2O. The van der Waals surface area contributed by atoms with Crippen LogP contribution in [0, 0.1) is 13.8 Å². The Labute approximate surface area is 142 Å². The maximum atomic E-state index is 11.7. The van der Waals surface area contributed by atoms with Crippen molar-refractivity contribution in [1.82, 2.24) is 4.90 Å². The summed E-state index contributed by atoms with van der Waals surface area (Å²) in [6.07, 6.45) is 2.64. The van der Waals surface area contributed by atoms with Gasteiger partial charge in [-0.3, -0.25) is 4.79 Å². The second kappa shape index (κ2) is 8.95. The van der Waals surface area contributed by atoms with E-state index >= 15 is 0 Å². The van der Waals surface area contributed by atoms with E-state index in [4.69, 9.17) is 0 Å². The van der Waals surface area contributed by atoms with Gasteiger partial charge >= 0.3 is 0 Å². The molecule has 0 aromatic heterocycles. The van der Waals surface area contributed by atoms with E-state index in [1.165, 1.54) is 29.7 Å². The van der Waals surface area contributed by atoms with E-state index in [1.54, 1.807) is 6.92 Å². The molecule has 0 saturated carbocycles. The number of benzene rings is 1.